The van der Waals surface area contributed by atoms with Crippen LogP contribution in [0.25, 0.3) is 0 Å². The zero-order chi connectivity index (χ0) is 18.1. The van der Waals surface area contributed by atoms with Crippen LogP contribution in [0.4, 0.5) is 5.69 Å². The van der Waals surface area contributed by atoms with Gasteiger partial charge in [-0.2, -0.15) is 0 Å². The molecule has 0 unspecified atom stereocenters. The molecule has 0 aromatic heterocycles. The molecule has 1 aliphatic carbocycles. The summed E-state index contributed by atoms with van der Waals surface area (Å²) in [6, 6.07) is 15.7. The van der Waals surface area contributed by atoms with Gasteiger partial charge in [-0.3, -0.25) is 9.59 Å². The minimum atomic E-state index is -0.461. The van der Waals surface area contributed by atoms with Gasteiger partial charge in [-0.1, -0.05) is 42.5 Å². The summed E-state index contributed by atoms with van der Waals surface area (Å²) in [5.41, 5.74) is 10.1. The molecular formula is C21H23N3O2. The van der Waals surface area contributed by atoms with E-state index in [2.05, 4.69) is 17.4 Å². The molecule has 0 saturated carbocycles. The van der Waals surface area contributed by atoms with Crippen molar-refractivity contribution in [3.8, 4) is 0 Å². The summed E-state index contributed by atoms with van der Waals surface area (Å²) in [6.45, 7) is 0.142. The van der Waals surface area contributed by atoms with Crippen molar-refractivity contribution in [2.45, 2.75) is 37.8 Å². The van der Waals surface area contributed by atoms with E-state index in [-0.39, 0.29) is 18.5 Å². The van der Waals surface area contributed by atoms with Crippen LogP contribution in [0.15, 0.2) is 48.5 Å². The minimum absolute atomic E-state index is 0.0392. The number of carbonyl (C=O) groups is 2. The molecule has 134 valence electrons. The van der Waals surface area contributed by atoms with Crippen LogP contribution in [0.1, 0.15) is 35.6 Å². The molecule has 0 spiro atoms. The minimum Gasteiger partial charge on any atom is -0.368 e. The molecule has 2 atom stereocenters. The number of benzene rings is 2. The van der Waals surface area contributed by atoms with Crippen LogP contribution in [0.3, 0.4) is 0 Å². The number of hydrogen-bond donors (Lipinski definition) is 2. The van der Waals surface area contributed by atoms with E-state index in [0.29, 0.717) is 6.42 Å². The highest BCUT2D eigenvalue weighted by Gasteiger charge is 2.34. The fourth-order valence-corrected chi connectivity index (χ4v) is 4.20. The molecule has 0 radical (unpaired) electrons. The van der Waals surface area contributed by atoms with Crippen LogP contribution < -0.4 is 16.0 Å². The van der Waals surface area contributed by atoms with Gasteiger partial charge in [0.05, 0.1) is 12.6 Å². The third-order valence-electron chi connectivity index (χ3n) is 5.44. The van der Waals surface area contributed by atoms with Crippen LogP contribution in [-0.4, -0.2) is 24.4 Å². The number of para-hydroxylation sites is 1. The van der Waals surface area contributed by atoms with Crippen molar-refractivity contribution in [2.24, 2.45) is 5.73 Å². The first-order valence-corrected chi connectivity index (χ1v) is 9.14. The highest BCUT2D eigenvalue weighted by Crippen LogP contribution is 2.32. The second-order valence-corrected chi connectivity index (χ2v) is 7.09. The van der Waals surface area contributed by atoms with Crippen molar-refractivity contribution >= 4 is 17.5 Å². The van der Waals surface area contributed by atoms with E-state index in [9.17, 15) is 9.59 Å². The number of fused-ring (bicyclic) bond motifs is 2. The topological polar surface area (TPSA) is 75.4 Å². The first-order chi connectivity index (χ1) is 12.6. The molecule has 3 N–H and O–H groups in total. The van der Waals surface area contributed by atoms with Crippen LogP contribution in [0.2, 0.25) is 0 Å². The average Bonchev–Trinajstić information content (AvgIpc) is 3.01. The highest BCUT2D eigenvalue weighted by atomic mass is 16.2. The molecule has 0 fully saturated rings. The molecule has 2 aromatic carbocycles. The lowest BCUT2D eigenvalue weighted by atomic mass is 9.88. The molecular weight excluding hydrogens is 326 g/mol. The summed E-state index contributed by atoms with van der Waals surface area (Å²) in [6.07, 6.45) is 3.63. The second kappa shape index (κ2) is 6.83. The Labute approximate surface area is 153 Å². The molecule has 4 rings (SSSR count). The Kier molecular flexibility index (Phi) is 4.37. The predicted molar refractivity (Wildman–Crippen MR) is 101 cm³/mol. The van der Waals surface area contributed by atoms with Crippen molar-refractivity contribution in [3.63, 3.8) is 0 Å². The van der Waals surface area contributed by atoms with Crippen LogP contribution in [0, 0.1) is 0 Å². The van der Waals surface area contributed by atoms with E-state index >= 15 is 0 Å². The fourth-order valence-electron chi connectivity index (χ4n) is 4.20. The smallest absolute Gasteiger partial charge is 0.240 e. The van der Waals surface area contributed by atoms with Crippen molar-refractivity contribution in [1.82, 2.24) is 5.32 Å². The van der Waals surface area contributed by atoms with Gasteiger partial charge in [0.2, 0.25) is 11.8 Å². The Balaban J connectivity index is 1.50. The number of nitrogens with zero attached hydrogens (tertiary/aromatic N) is 1. The number of carbonyl (C=O) groups excluding carboxylic acids is 2. The van der Waals surface area contributed by atoms with E-state index < -0.39 is 11.9 Å². The zero-order valence-electron chi connectivity index (χ0n) is 14.7. The Morgan fingerprint density at radius 1 is 1.08 bits per heavy atom. The lowest BCUT2D eigenvalue weighted by molar-refractivity contribution is -0.121. The monoisotopic (exact) mass is 349 g/mol. The van der Waals surface area contributed by atoms with Crippen LogP contribution in [0.5, 0.6) is 0 Å². The maximum atomic E-state index is 12.8. The first kappa shape index (κ1) is 16.6. The van der Waals surface area contributed by atoms with E-state index in [0.717, 1.165) is 30.5 Å². The van der Waals surface area contributed by atoms with Crippen LogP contribution >= 0.6 is 0 Å². The van der Waals surface area contributed by atoms with Crippen molar-refractivity contribution in [3.05, 3.63) is 65.2 Å². The number of hydrogen-bond acceptors (Lipinski definition) is 3. The van der Waals surface area contributed by atoms with E-state index in [1.807, 2.05) is 41.3 Å². The molecule has 2 amide bonds. The lowest BCUT2D eigenvalue weighted by Crippen LogP contribution is -2.48. The van der Waals surface area contributed by atoms with Gasteiger partial charge in [0.1, 0.15) is 6.04 Å². The van der Waals surface area contributed by atoms with Gasteiger partial charge in [-0.05, 0) is 42.0 Å². The third-order valence-corrected chi connectivity index (χ3v) is 5.44. The quantitative estimate of drug-likeness (QED) is 0.887. The molecule has 26 heavy (non-hydrogen) atoms. The SMILES string of the molecule is NC(=O)[C@@H]1Cc2ccccc2N1CC(=O)N[C@@H]1CCCc2ccccc21. The van der Waals surface area contributed by atoms with Crippen molar-refractivity contribution in [1.29, 1.82) is 0 Å². The first-order valence-electron chi connectivity index (χ1n) is 9.14. The number of amides is 2. The van der Waals surface area contributed by atoms with Gasteiger partial charge in [0, 0.05) is 12.1 Å². The Morgan fingerprint density at radius 2 is 1.81 bits per heavy atom. The number of aryl methyl sites for hydroxylation is 1. The van der Waals surface area contributed by atoms with Crippen molar-refractivity contribution < 1.29 is 9.59 Å². The van der Waals surface area contributed by atoms with Gasteiger partial charge < -0.3 is 16.0 Å². The van der Waals surface area contributed by atoms with Gasteiger partial charge in [-0.15, -0.1) is 0 Å². The van der Waals surface area contributed by atoms with Gasteiger partial charge in [0.25, 0.3) is 0 Å². The van der Waals surface area contributed by atoms with E-state index in [1.165, 1.54) is 11.1 Å². The number of rotatable bonds is 4. The molecule has 0 bridgehead atoms. The number of primary amides is 1. The maximum Gasteiger partial charge on any atom is 0.240 e. The van der Waals surface area contributed by atoms with Crippen LogP contribution in [-0.2, 0) is 22.4 Å². The molecule has 1 aliphatic heterocycles. The molecule has 2 aliphatic rings. The largest absolute Gasteiger partial charge is 0.368 e. The molecule has 5 heteroatoms. The second-order valence-electron chi connectivity index (χ2n) is 7.09. The summed E-state index contributed by atoms with van der Waals surface area (Å²) >= 11 is 0. The molecule has 0 saturated heterocycles. The van der Waals surface area contributed by atoms with Gasteiger partial charge in [-0.25, -0.2) is 0 Å². The fraction of sp³-hybridized carbons (Fsp3) is 0.333. The lowest BCUT2D eigenvalue weighted by Gasteiger charge is -2.29. The predicted octanol–water partition coefficient (Wildman–Crippen LogP) is 2.10. The van der Waals surface area contributed by atoms with E-state index in [4.69, 9.17) is 5.73 Å². The normalized spacial score (nSPS) is 21.0. The number of anilines is 1. The summed E-state index contributed by atoms with van der Waals surface area (Å²) < 4.78 is 0. The Morgan fingerprint density at radius 3 is 2.62 bits per heavy atom. The molecule has 1 heterocycles. The summed E-state index contributed by atoms with van der Waals surface area (Å²) in [5, 5.41) is 3.16. The van der Waals surface area contributed by atoms with Gasteiger partial charge in [0.15, 0.2) is 0 Å². The Bertz CT molecular complexity index is 849. The maximum absolute atomic E-state index is 12.8. The number of nitrogens with two attached hydrogens (primary N) is 1. The third kappa shape index (κ3) is 3.05. The van der Waals surface area contributed by atoms with Gasteiger partial charge >= 0.3 is 0 Å². The summed E-state index contributed by atoms with van der Waals surface area (Å²) in [7, 11) is 0. The number of nitrogens with one attached hydrogen (secondary N) is 1. The zero-order valence-corrected chi connectivity index (χ0v) is 14.7. The Hall–Kier alpha value is -2.82. The summed E-state index contributed by atoms with van der Waals surface area (Å²) in [5.74, 6) is -0.466. The summed E-state index contributed by atoms with van der Waals surface area (Å²) in [4.78, 5) is 26.4. The van der Waals surface area contributed by atoms with E-state index in [1.54, 1.807) is 0 Å². The molecule has 5 nitrogen and oxygen atoms in total. The standard InChI is InChI=1S/C21H23N3O2/c22-21(26)19-12-15-7-2-4-11-18(15)24(19)13-20(25)23-17-10-5-8-14-6-1-3-9-16(14)17/h1-4,6-7,9,11,17,19H,5,8,10,12-13H2,(H2,22,26)(H,23,25)/t17-,19+/m1/s1. The average molecular weight is 349 g/mol. The highest BCUT2D eigenvalue weighted by molar-refractivity contribution is 5.91. The van der Waals surface area contributed by atoms with Crippen molar-refractivity contribution in [2.75, 3.05) is 11.4 Å². The molecule has 2 aromatic rings.